The quantitative estimate of drug-likeness (QED) is 0.499. The number of methoxy groups -OCH3 is 1. The first-order chi connectivity index (χ1) is 14.6. The Hall–Kier alpha value is -2.86. The van der Waals surface area contributed by atoms with Gasteiger partial charge >= 0.3 is 0 Å². The number of aliphatic hydroxyl groups is 1. The molecule has 1 N–H and O–H groups in total. The summed E-state index contributed by atoms with van der Waals surface area (Å²) in [7, 11) is 1.66. The standard InChI is InChI=1S/C22H24N4O3S/c1-16-4-3-5-18(12-16)21-24-25-22(26(21)10-11-28-2)30-15-19(27)14-29-20-8-6-17(13-23)7-9-20/h3-9,12,19,27H,10-11,14-15H2,1-2H3/t19-/m0/s1. The molecule has 0 radical (unpaired) electrons. The van der Waals surface area contributed by atoms with Crippen LogP contribution in [0, 0.1) is 18.3 Å². The molecule has 0 bridgehead atoms. The van der Waals surface area contributed by atoms with Gasteiger partial charge in [-0.15, -0.1) is 10.2 Å². The van der Waals surface area contributed by atoms with Gasteiger partial charge in [-0.1, -0.05) is 35.5 Å². The number of hydrogen-bond donors (Lipinski definition) is 1. The third kappa shape index (κ3) is 5.83. The number of benzene rings is 2. The Bertz CT molecular complexity index is 998. The highest BCUT2D eigenvalue weighted by Crippen LogP contribution is 2.25. The molecule has 7 nitrogen and oxygen atoms in total. The van der Waals surface area contributed by atoms with Gasteiger partial charge in [-0.05, 0) is 37.3 Å². The number of nitrogens with zero attached hydrogens (tertiary/aromatic N) is 4. The normalized spacial score (nSPS) is 11.8. The van der Waals surface area contributed by atoms with E-state index in [2.05, 4.69) is 22.3 Å². The molecule has 0 spiro atoms. The maximum Gasteiger partial charge on any atom is 0.191 e. The summed E-state index contributed by atoms with van der Waals surface area (Å²) in [4.78, 5) is 0. The van der Waals surface area contributed by atoms with Crippen molar-refractivity contribution < 1.29 is 14.6 Å². The van der Waals surface area contributed by atoms with Crippen LogP contribution >= 0.6 is 11.8 Å². The van der Waals surface area contributed by atoms with Crippen LogP contribution in [0.4, 0.5) is 0 Å². The minimum Gasteiger partial charge on any atom is -0.491 e. The van der Waals surface area contributed by atoms with Crippen LogP contribution in [0.3, 0.4) is 0 Å². The van der Waals surface area contributed by atoms with Crippen molar-refractivity contribution in [3.8, 4) is 23.2 Å². The number of rotatable bonds is 10. The molecule has 0 amide bonds. The SMILES string of the molecule is COCCn1c(SC[C@@H](O)COc2ccc(C#N)cc2)nnc1-c1cccc(C)c1. The van der Waals surface area contributed by atoms with Gasteiger partial charge in [0.25, 0.3) is 0 Å². The molecule has 30 heavy (non-hydrogen) atoms. The van der Waals surface area contributed by atoms with Crippen molar-refractivity contribution in [1.29, 1.82) is 5.26 Å². The van der Waals surface area contributed by atoms with Crippen molar-refractivity contribution in [3.05, 3.63) is 59.7 Å². The zero-order valence-electron chi connectivity index (χ0n) is 17.0. The van der Waals surface area contributed by atoms with Crippen LogP contribution in [0.25, 0.3) is 11.4 Å². The fourth-order valence-corrected chi connectivity index (χ4v) is 3.68. The maximum atomic E-state index is 10.3. The summed E-state index contributed by atoms with van der Waals surface area (Å²) < 4.78 is 12.9. The Balaban J connectivity index is 1.63. The molecule has 0 unspecified atom stereocenters. The third-order valence-electron chi connectivity index (χ3n) is 4.34. The van der Waals surface area contributed by atoms with E-state index in [0.29, 0.717) is 30.2 Å². The third-order valence-corrected chi connectivity index (χ3v) is 5.45. The fraction of sp³-hybridized carbons (Fsp3) is 0.318. The minimum atomic E-state index is -0.680. The first-order valence-electron chi connectivity index (χ1n) is 9.53. The second kappa shape index (κ2) is 10.8. The summed E-state index contributed by atoms with van der Waals surface area (Å²) in [5, 5.41) is 28.6. The van der Waals surface area contributed by atoms with E-state index in [1.807, 2.05) is 29.7 Å². The lowest BCUT2D eigenvalue weighted by Gasteiger charge is -2.13. The summed E-state index contributed by atoms with van der Waals surface area (Å²) in [6.45, 7) is 3.34. The maximum absolute atomic E-state index is 10.3. The molecule has 156 valence electrons. The Morgan fingerprint density at radius 2 is 2.00 bits per heavy atom. The van der Waals surface area contributed by atoms with Crippen LogP contribution in [0.15, 0.2) is 53.7 Å². The molecule has 0 aliphatic heterocycles. The van der Waals surface area contributed by atoms with Gasteiger partial charge < -0.3 is 14.6 Å². The molecule has 1 heterocycles. The highest BCUT2D eigenvalue weighted by Gasteiger charge is 2.16. The van der Waals surface area contributed by atoms with Crippen LogP contribution in [0.2, 0.25) is 0 Å². The lowest BCUT2D eigenvalue weighted by atomic mass is 10.1. The molecule has 0 aliphatic carbocycles. The van der Waals surface area contributed by atoms with E-state index in [0.717, 1.165) is 22.1 Å². The average molecular weight is 425 g/mol. The zero-order valence-corrected chi connectivity index (χ0v) is 17.8. The van der Waals surface area contributed by atoms with E-state index < -0.39 is 6.10 Å². The smallest absolute Gasteiger partial charge is 0.191 e. The van der Waals surface area contributed by atoms with Gasteiger partial charge in [0.1, 0.15) is 12.4 Å². The molecule has 3 aromatic rings. The van der Waals surface area contributed by atoms with Crippen LogP contribution in [-0.4, -0.2) is 52.1 Å². The molecular weight excluding hydrogens is 400 g/mol. The highest BCUT2D eigenvalue weighted by molar-refractivity contribution is 7.99. The van der Waals surface area contributed by atoms with Crippen molar-refractivity contribution in [2.24, 2.45) is 0 Å². The second-order valence-electron chi connectivity index (χ2n) is 6.73. The summed E-state index contributed by atoms with van der Waals surface area (Å²) in [6, 6.07) is 17.0. The Morgan fingerprint density at radius 3 is 2.70 bits per heavy atom. The van der Waals surface area contributed by atoms with Crippen molar-refractivity contribution in [3.63, 3.8) is 0 Å². The van der Waals surface area contributed by atoms with E-state index in [1.165, 1.54) is 11.8 Å². The number of nitriles is 1. The van der Waals surface area contributed by atoms with Gasteiger partial charge in [0, 0.05) is 18.4 Å². The molecular formula is C22H24N4O3S. The summed E-state index contributed by atoms with van der Waals surface area (Å²) in [6.07, 6.45) is -0.680. The largest absolute Gasteiger partial charge is 0.491 e. The molecule has 1 aromatic heterocycles. The van der Waals surface area contributed by atoms with Gasteiger partial charge in [-0.3, -0.25) is 4.57 Å². The predicted octanol–water partition coefficient (Wildman–Crippen LogP) is 3.30. The number of hydrogen-bond acceptors (Lipinski definition) is 7. The van der Waals surface area contributed by atoms with Gasteiger partial charge in [-0.2, -0.15) is 5.26 Å². The number of aliphatic hydroxyl groups excluding tert-OH is 1. The number of thioether (sulfide) groups is 1. The van der Waals surface area contributed by atoms with Crippen LogP contribution in [0.5, 0.6) is 5.75 Å². The van der Waals surface area contributed by atoms with Crippen LogP contribution in [0.1, 0.15) is 11.1 Å². The van der Waals surface area contributed by atoms with E-state index in [9.17, 15) is 5.11 Å². The van der Waals surface area contributed by atoms with E-state index in [4.69, 9.17) is 14.7 Å². The van der Waals surface area contributed by atoms with E-state index in [-0.39, 0.29) is 6.61 Å². The molecule has 0 saturated carbocycles. The second-order valence-corrected chi connectivity index (χ2v) is 7.72. The average Bonchev–Trinajstić information content (AvgIpc) is 3.17. The van der Waals surface area contributed by atoms with Crippen molar-refractivity contribution >= 4 is 11.8 Å². The lowest BCUT2D eigenvalue weighted by Crippen LogP contribution is -2.20. The molecule has 0 saturated heterocycles. The topological polar surface area (TPSA) is 93.2 Å². The first kappa shape index (κ1) is 21.8. The fourth-order valence-electron chi connectivity index (χ4n) is 2.81. The summed E-state index contributed by atoms with van der Waals surface area (Å²) in [5.41, 5.74) is 2.71. The predicted molar refractivity (Wildman–Crippen MR) is 115 cm³/mol. The molecule has 8 heteroatoms. The number of ether oxygens (including phenoxy) is 2. The summed E-state index contributed by atoms with van der Waals surface area (Å²) >= 11 is 1.43. The molecule has 0 aliphatic rings. The van der Waals surface area contributed by atoms with Crippen LogP contribution < -0.4 is 4.74 Å². The summed E-state index contributed by atoms with van der Waals surface area (Å²) in [5.74, 6) is 1.81. The molecule has 1 atom stereocenters. The molecule has 3 rings (SSSR count). The van der Waals surface area contributed by atoms with Crippen molar-refractivity contribution in [2.45, 2.75) is 24.7 Å². The van der Waals surface area contributed by atoms with Crippen molar-refractivity contribution in [2.75, 3.05) is 26.1 Å². The zero-order chi connectivity index (χ0) is 21.3. The van der Waals surface area contributed by atoms with Gasteiger partial charge in [0.15, 0.2) is 11.0 Å². The molecule has 2 aromatic carbocycles. The minimum absolute atomic E-state index is 0.149. The number of aromatic nitrogens is 3. The highest BCUT2D eigenvalue weighted by atomic mass is 32.2. The van der Waals surface area contributed by atoms with Gasteiger partial charge in [0.05, 0.1) is 30.9 Å². The van der Waals surface area contributed by atoms with E-state index in [1.54, 1.807) is 31.4 Å². The lowest BCUT2D eigenvalue weighted by molar-refractivity contribution is 0.126. The molecule has 0 fully saturated rings. The Kier molecular flexibility index (Phi) is 7.85. The monoisotopic (exact) mass is 424 g/mol. The van der Waals surface area contributed by atoms with Gasteiger partial charge in [-0.25, -0.2) is 0 Å². The van der Waals surface area contributed by atoms with E-state index >= 15 is 0 Å². The number of aryl methyl sites for hydroxylation is 1. The first-order valence-corrected chi connectivity index (χ1v) is 10.5. The Morgan fingerprint density at radius 1 is 1.20 bits per heavy atom. The van der Waals surface area contributed by atoms with Gasteiger partial charge in [0.2, 0.25) is 0 Å². The van der Waals surface area contributed by atoms with Crippen molar-refractivity contribution in [1.82, 2.24) is 14.8 Å². The Labute approximate surface area is 180 Å². The van der Waals surface area contributed by atoms with Crippen LogP contribution in [-0.2, 0) is 11.3 Å².